The summed E-state index contributed by atoms with van der Waals surface area (Å²) in [4.78, 5) is 9.69. The zero-order chi connectivity index (χ0) is 22.0. The first-order valence-corrected chi connectivity index (χ1v) is 11.7. The molecule has 0 spiro atoms. The molecule has 160 valence electrons. The third-order valence-electron chi connectivity index (χ3n) is 7.05. The van der Waals surface area contributed by atoms with Crippen molar-refractivity contribution in [2.45, 2.75) is 40.5 Å². The van der Waals surface area contributed by atoms with Gasteiger partial charge < -0.3 is 4.74 Å². The van der Waals surface area contributed by atoms with Crippen molar-refractivity contribution >= 4 is 33.5 Å². The molecule has 3 aliphatic rings. The Morgan fingerprint density at radius 2 is 1.53 bits per heavy atom. The summed E-state index contributed by atoms with van der Waals surface area (Å²) >= 11 is 0. The van der Waals surface area contributed by atoms with Crippen LogP contribution in [-0.4, -0.2) is 18.0 Å². The van der Waals surface area contributed by atoms with Crippen molar-refractivity contribution in [3.8, 4) is 16.9 Å². The molecule has 0 amide bonds. The quantitative estimate of drug-likeness (QED) is 0.435. The highest BCUT2D eigenvalue weighted by molar-refractivity contribution is 6.04. The molecule has 0 radical (unpaired) electrons. The van der Waals surface area contributed by atoms with Gasteiger partial charge in [-0.3, -0.25) is 9.98 Å². The summed E-state index contributed by atoms with van der Waals surface area (Å²) in [5.74, 6) is 1.94. The highest BCUT2D eigenvalue weighted by atomic mass is 16.5. The molecule has 0 aliphatic carbocycles. The molecule has 0 N–H and O–H groups in total. The molecule has 0 bridgehead atoms. The van der Waals surface area contributed by atoms with E-state index in [0.717, 1.165) is 30.0 Å². The van der Waals surface area contributed by atoms with Gasteiger partial charge in [-0.05, 0) is 63.1 Å². The van der Waals surface area contributed by atoms with E-state index in [-0.39, 0.29) is 0 Å². The third-order valence-corrected chi connectivity index (χ3v) is 7.05. The van der Waals surface area contributed by atoms with E-state index in [0.29, 0.717) is 18.4 Å². The molecule has 0 saturated heterocycles. The van der Waals surface area contributed by atoms with Crippen LogP contribution in [-0.2, 0) is 6.42 Å². The molecule has 32 heavy (non-hydrogen) atoms. The van der Waals surface area contributed by atoms with Crippen molar-refractivity contribution in [3.05, 3.63) is 65.4 Å². The normalized spacial score (nSPS) is 16.8. The van der Waals surface area contributed by atoms with Crippen LogP contribution in [0.15, 0.2) is 64.2 Å². The minimum Gasteiger partial charge on any atom is -0.487 e. The van der Waals surface area contributed by atoms with Crippen molar-refractivity contribution < 1.29 is 4.74 Å². The summed E-state index contributed by atoms with van der Waals surface area (Å²) in [6.07, 6.45) is 1.92. The molecule has 0 fully saturated rings. The Morgan fingerprint density at radius 3 is 2.34 bits per heavy atom. The Morgan fingerprint density at radius 1 is 0.781 bits per heavy atom. The minimum atomic E-state index is 0.476. The third kappa shape index (κ3) is 3.02. The van der Waals surface area contributed by atoms with E-state index < -0.39 is 0 Å². The lowest BCUT2D eigenvalue weighted by molar-refractivity contribution is 0.345. The molecule has 3 aliphatic heterocycles. The van der Waals surface area contributed by atoms with Crippen LogP contribution in [0.4, 0.5) is 5.69 Å². The van der Waals surface area contributed by atoms with E-state index in [1.165, 1.54) is 50.0 Å². The number of rotatable bonds is 3. The van der Waals surface area contributed by atoms with Gasteiger partial charge in [-0.1, -0.05) is 58.0 Å². The van der Waals surface area contributed by atoms with Gasteiger partial charge in [-0.25, -0.2) is 0 Å². The van der Waals surface area contributed by atoms with E-state index >= 15 is 0 Å². The van der Waals surface area contributed by atoms with E-state index in [1.54, 1.807) is 0 Å². The summed E-state index contributed by atoms with van der Waals surface area (Å²) in [6, 6.07) is 17.8. The lowest BCUT2D eigenvalue weighted by Gasteiger charge is -2.20. The van der Waals surface area contributed by atoms with Gasteiger partial charge in [0.15, 0.2) is 0 Å². The fourth-order valence-electron chi connectivity index (χ4n) is 5.04. The Balaban J connectivity index is 1.34. The van der Waals surface area contributed by atoms with E-state index in [2.05, 4.69) is 76.2 Å². The van der Waals surface area contributed by atoms with Gasteiger partial charge in [0.25, 0.3) is 0 Å². The second kappa shape index (κ2) is 7.16. The second-order valence-electron chi connectivity index (χ2n) is 9.79. The van der Waals surface area contributed by atoms with E-state index in [1.807, 2.05) is 0 Å². The molecular weight excluding hydrogens is 392 g/mol. The van der Waals surface area contributed by atoms with Crippen molar-refractivity contribution in [3.63, 3.8) is 0 Å². The minimum absolute atomic E-state index is 0.476. The van der Waals surface area contributed by atoms with Gasteiger partial charge in [0.05, 0.1) is 11.4 Å². The molecular formula is C29H28N2O. The first-order valence-electron chi connectivity index (χ1n) is 11.7. The fourth-order valence-corrected chi connectivity index (χ4v) is 5.04. The van der Waals surface area contributed by atoms with E-state index in [9.17, 15) is 0 Å². The average molecular weight is 421 g/mol. The maximum Gasteiger partial charge on any atom is 0.131 e. The number of hydrogen-bond acceptors (Lipinski definition) is 3. The van der Waals surface area contributed by atoms with Gasteiger partial charge in [-0.15, -0.1) is 0 Å². The van der Waals surface area contributed by atoms with Crippen LogP contribution < -0.4 is 4.74 Å². The summed E-state index contributed by atoms with van der Waals surface area (Å²) in [5.41, 5.74) is 11.1. The predicted molar refractivity (Wildman–Crippen MR) is 134 cm³/mol. The van der Waals surface area contributed by atoms with Crippen LogP contribution in [0.1, 0.15) is 45.2 Å². The lowest BCUT2D eigenvalue weighted by Crippen LogP contribution is -2.08. The standard InChI is InChI=1S/C29H28N2O/c1-16(2)26-13-23-21-8-5-18(11-20(21)7-10-25(23)30-26)19-6-9-22-24-14-27(17(3)4)31-28(24)15-32-29(22)12-19/h5-12,16-17H,13-15H2,1-4H3. The second-order valence-corrected chi connectivity index (χ2v) is 9.79. The molecule has 3 aromatic carbocycles. The highest BCUT2D eigenvalue weighted by Gasteiger charge is 2.27. The molecule has 3 nitrogen and oxygen atoms in total. The van der Waals surface area contributed by atoms with Crippen molar-refractivity contribution in [2.75, 3.05) is 6.61 Å². The molecule has 0 saturated carbocycles. The van der Waals surface area contributed by atoms with Crippen LogP contribution in [0.2, 0.25) is 0 Å². The monoisotopic (exact) mass is 420 g/mol. The topological polar surface area (TPSA) is 34.0 Å². The van der Waals surface area contributed by atoms with Gasteiger partial charge in [0.2, 0.25) is 0 Å². The number of benzene rings is 3. The molecule has 6 rings (SSSR count). The first kappa shape index (κ1) is 19.5. The van der Waals surface area contributed by atoms with Gasteiger partial charge >= 0.3 is 0 Å². The summed E-state index contributed by atoms with van der Waals surface area (Å²) in [5, 5.41) is 2.59. The largest absolute Gasteiger partial charge is 0.487 e. The van der Waals surface area contributed by atoms with E-state index in [4.69, 9.17) is 14.7 Å². The first-order chi connectivity index (χ1) is 15.5. The molecule has 0 aromatic heterocycles. The Hall–Kier alpha value is -3.20. The molecule has 3 aromatic rings. The van der Waals surface area contributed by atoms with Crippen LogP contribution >= 0.6 is 0 Å². The Labute approximate surface area is 189 Å². The zero-order valence-corrected chi connectivity index (χ0v) is 19.2. The highest BCUT2D eigenvalue weighted by Crippen LogP contribution is 2.42. The van der Waals surface area contributed by atoms with Gasteiger partial charge in [0, 0.05) is 29.8 Å². The SMILES string of the molecule is CC(C)C1=NC2=C(C1)c1ccc(-c3ccc4c5c(ccc4c3)N=C(C(C)C)C5)cc1OC2. The lowest BCUT2D eigenvalue weighted by atomic mass is 9.92. The molecule has 0 unspecified atom stereocenters. The predicted octanol–water partition coefficient (Wildman–Crippen LogP) is 7.40. The zero-order valence-electron chi connectivity index (χ0n) is 19.2. The molecule has 3 heteroatoms. The van der Waals surface area contributed by atoms with Crippen molar-refractivity contribution in [2.24, 2.45) is 21.8 Å². The summed E-state index contributed by atoms with van der Waals surface area (Å²) in [6.45, 7) is 9.46. The smallest absolute Gasteiger partial charge is 0.131 e. The van der Waals surface area contributed by atoms with Crippen LogP contribution in [0.25, 0.3) is 27.5 Å². The van der Waals surface area contributed by atoms with Gasteiger partial charge in [-0.2, -0.15) is 0 Å². The average Bonchev–Trinajstić information content (AvgIpc) is 3.43. The number of aliphatic imine (C=N–C) groups is 2. The number of allylic oxidation sites excluding steroid dienone is 1. The van der Waals surface area contributed by atoms with Crippen molar-refractivity contribution in [1.82, 2.24) is 0 Å². The van der Waals surface area contributed by atoms with Crippen LogP contribution in [0.3, 0.4) is 0 Å². The number of fused-ring (bicyclic) bond motifs is 5. The van der Waals surface area contributed by atoms with Crippen LogP contribution in [0, 0.1) is 11.8 Å². The Bertz CT molecular complexity index is 1370. The maximum absolute atomic E-state index is 6.13. The number of ether oxygens (including phenoxy) is 1. The fraction of sp³-hybridized carbons (Fsp3) is 0.310. The summed E-state index contributed by atoms with van der Waals surface area (Å²) < 4.78 is 6.13. The maximum atomic E-state index is 6.13. The molecule has 0 atom stereocenters. The van der Waals surface area contributed by atoms with Gasteiger partial charge in [0.1, 0.15) is 12.4 Å². The Kier molecular flexibility index (Phi) is 4.36. The van der Waals surface area contributed by atoms with Crippen LogP contribution in [0.5, 0.6) is 5.75 Å². The van der Waals surface area contributed by atoms with Crippen molar-refractivity contribution in [1.29, 1.82) is 0 Å². The molecule has 3 heterocycles. The summed E-state index contributed by atoms with van der Waals surface area (Å²) in [7, 11) is 0. The number of nitrogens with zero attached hydrogens (tertiary/aromatic N) is 2. The number of hydrogen-bond donors (Lipinski definition) is 0.